The van der Waals surface area contributed by atoms with Crippen LogP contribution in [-0.4, -0.2) is 24.2 Å². The zero-order valence-corrected chi connectivity index (χ0v) is 11.0. The average molecular weight is 266 g/mol. The lowest BCUT2D eigenvalue weighted by Gasteiger charge is -2.21. The summed E-state index contributed by atoms with van der Waals surface area (Å²) in [5.41, 5.74) is 6.43. The quantitative estimate of drug-likeness (QED) is 0.822. The van der Waals surface area contributed by atoms with Crippen LogP contribution >= 0.6 is 0 Å². The number of hydrogen-bond donors (Lipinski definition) is 2. The van der Waals surface area contributed by atoms with Gasteiger partial charge in [-0.3, -0.25) is 0 Å². The molecule has 1 fully saturated rings. The number of aromatic carboxylic acids is 1. The zero-order valence-electron chi connectivity index (χ0n) is 11.0. The molecule has 1 heterocycles. The molecule has 0 spiro atoms. The molecule has 5 heteroatoms. The van der Waals surface area contributed by atoms with E-state index in [0.29, 0.717) is 17.3 Å². The Morgan fingerprint density at radius 3 is 2.95 bits per heavy atom. The summed E-state index contributed by atoms with van der Waals surface area (Å²) in [6.07, 6.45) is 3.38. The van der Waals surface area contributed by atoms with Gasteiger partial charge in [-0.15, -0.1) is 0 Å². The van der Waals surface area contributed by atoms with Crippen molar-refractivity contribution in [2.45, 2.75) is 26.2 Å². The van der Waals surface area contributed by atoms with Crippen molar-refractivity contribution in [1.82, 2.24) is 0 Å². The fourth-order valence-corrected chi connectivity index (χ4v) is 2.71. The molecule has 4 nitrogen and oxygen atoms in total. The van der Waals surface area contributed by atoms with Gasteiger partial charge in [0.05, 0.1) is 16.9 Å². The second-order valence-electron chi connectivity index (χ2n) is 5.09. The molecule has 0 bridgehead atoms. The van der Waals surface area contributed by atoms with E-state index in [0.717, 1.165) is 32.4 Å². The second kappa shape index (κ2) is 5.47. The lowest BCUT2D eigenvalue weighted by molar-refractivity contribution is 0.0692. The van der Waals surface area contributed by atoms with Gasteiger partial charge in [0.1, 0.15) is 5.82 Å². The Kier molecular flexibility index (Phi) is 3.93. The van der Waals surface area contributed by atoms with E-state index in [4.69, 9.17) is 10.8 Å². The summed E-state index contributed by atoms with van der Waals surface area (Å²) in [7, 11) is 0. The summed E-state index contributed by atoms with van der Waals surface area (Å²) in [6, 6.07) is 2.45. The van der Waals surface area contributed by atoms with Gasteiger partial charge in [0, 0.05) is 19.2 Å². The molecule has 0 amide bonds. The Morgan fingerprint density at radius 1 is 1.58 bits per heavy atom. The van der Waals surface area contributed by atoms with E-state index < -0.39 is 11.8 Å². The largest absolute Gasteiger partial charge is 0.478 e. The summed E-state index contributed by atoms with van der Waals surface area (Å²) in [6.45, 7) is 3.86. The van der Waals surface area contributed by atoms with Crippen LogP contribution in [0.3, 0.4) is 0 Å². The number of carboxylic acid groups (broad SMARTS) is 1. The first-order valence-corrected chi connectivity index (χ1v) is 6.60. The molecule has 0 saturated carbocycles. The number of carboxylic acids is 1. The summed E-state index contributed by atoms with van der Waals surface area (Å²) in [5, 5.41) is 8.85. The topological polar surface area (TPSA) is 66.6 Å². The van der Waals surface area contributed by atoms with Gasteiger partial charge in [-0.05, 0) is 24.8 Å². The van der Waals surface area contributed by atoms with E-state index in [2.05, 4.69) is 6.92 Å². The van der Waals surface area contributed by atoms with Crippen LogP contribution in [0.15, 0.2) is 12.1 Å². The van der Waals surface area contributed by atoms with Gasteiger partial charge in [0.2, 0.25) is 0 Å². The lowest BCUT2D eigenvalue weighted by atomic mass is 10.0. The molecule has 0 aromatic heterocycles. The number of halogens is 1. The van der Waals surface area contributed by atoms with Gasteiger partial charge in [-0.2, -0.15) is 0 Å². The van der Waals surface area contributed by atoms with Crippen molar-refractivity contribution >= 4 is 17.3 Å². The van der Waals surface area contributed by atoms with Crippen molar-refractivity contribution in [2.75, 3.05) is 23.7 Å². The molecule has 1 saturated heterocycles. The Labute approximate surface area is 112 Å². The van der Waals surface area contributed by atoms with E-state index in [1.54, 1.807) is 0 Å². The van der Waals surface area contributed by atoms with Crippen LogP contribution in [0.5, 0.6) is 0 Å². The van der Waals surface area contributed by atoms with Crippen LogP contribution in [0, 0.1) is 11.7 Å². The molecule has 1 aromatic carbocycles. The number of rotatable bonds is 4. The van der Waals surface area contributed by atoms with Crippen molar-refractivity contribution in [3.8, 4) is 0 Å². The van der Waals surface area contributed by atoms with Crippen LogP contribution in [-0.2, 0) is 0 Å². The number of anilines is 2. The van der Waals surface area contributed by atoms with Gasteiger partial charge in [-0.1, -0.05) is 13.3 Å². The monoisotopic (exact) mass is 266 g/mol. The van der Waals surface area contributed by atoms with Crippen molar-refractivity contribution in [1.29, 1.82) is 0 Å². The number of nitrogens with zero attached hydrogens (tertiary/aromatic N) is 1. The molecule has 1 aliphatic heterocycles. The molecule has 1 aliphatic rings. The lowest BCUT2D eigenvalue weighted by Crippen LogP contribution is -2.21. The normalized spacial score (nSPS) is 18.8. The minimum atomic E-state index is -1.29. The van der Waals surface area contributed by atoms with Crippen LogP contribution < -0.4 is 10.6 Å². The van der Waals surface area contributed by atoms with Gasteiger partial charge >= 0.3 is 5.97 Å². The zero-order chi connectivity index (χ0) is 14.0. The second-order valence-corrected chi connectivity index (χ2v) is 5.09. The first-order valence-electron chi connectivity index (χ1n) is 6.60. The molecule has 2 rings (SSSR count). The highest BCUT2D eigenvalue weighted by molar-refractivity contribution is 5.91. The molecule has 19 heavy (non-hydrogen) atoms. The van der Waals surface area contributed by atoms with Crippen molar-refractivity contribution in [3.63, 3.8) is 0 Å². The SMILES string of the molecule is CCCC1CCN(c2cc(F)c(C(=O)O)cc2N)C1. The number of benzene rings is 1. The van der Waals surface area contributed by atoms with Crippen LogP contribution in [0.2, 0.25) is 0 Å². The third-order valence-corrected chi connectivity index (χ3v) is 3.67. The first kappa shape index (κ1) is 13.6. The maximum Gasteiger partial charge on any atom is 0.338 e. The number of nitrogen functional groups attached to an aromatic ring is 1. The molecule has 3 N–H and O–H groups in total. The van der Waals surface area contributed by atoms with E-state index in [9.17, 15) is 9.18 Å². The standard InChI is InChI=1S/C14H19FN2O2/c1-2-3-9-4-5-17(8-9)13-7-11(15)10(14(18)19)6-12(13)16/h6-7,9H,2-5,8,16H2,1H3,(H,18,19). The van der Waals surface area contributed by atoms with Gasteiger partial charge in [0.15, 0.2) is 0 Å². The maximum atomic E-state index is 13.7. The Balaban J connectivity index is 2.22. The molecule has 1 atom stereocenters. The predicted molar refractivity (Wildman–Crippen MR) is 73.0 cm³/mol. The molecule has 0 aliphatic carbocycles. The summed E-state index contributed by atoms with van der Waals surface area (Å²) in [4.78, 5) is 12.9. The fraction of sp³-hybridized carbons (Fsp3) is 0.500. The fourth-order valence-electron chi connectivity index (χ4n) is 2.71. The third-order valence-electron chi connectivity index (χ3n) is 3.67. The maximum absolute atomic E-state index is 13.7. The van der Waals surface area contributed by atoms with Crippen LogP contribution in [0.4, 0.5) is 15.8 Å². The van der Waals surface area contributed by atoms with Crippen LogP contribution in [0.1, 0.15) is 36.5 Å². The number of carbonyl (C=O) groups is 1. The van der Waals surface area contributed by atoms with Crippen LogP contribution in [0.25, 0.3) is 0 Å². The number of hydrogen-bond acceptors (Lipinski definition) is 3. The highest BCUT2D eigenvalue weighted by Crippen LogP contribution is 2.32. The van der Waals surface area contributed by atoms with Gasteiger partial charge in [0.25, 0.3) is 0 Å². The summed E-state index contributed by atoms with van der Waals surface area (Å²) < 4.78 is 13.7. The molecule has 104 valence electrons. The Hall–Kier alpha value is -1.78. The summed E-state index contributed by atoms with van der Waals surface area (Å²) >= 11 is 0. The minimum Gasteiger partial charge on any atom is -0.478 e. The molecule has 0 radical (unpaired) electrons. The average Bonchev–Trinajstić information content (AvgIpc) is 2.80. The van der Waals surface area contributed by atoms with E-state index in [1.807, 2.05) is 4.90 Å². The van der Waals surface area contributed by atoms with E-state index >= 15 is 0 Å². The third kappa shape index (κ3) is 2.80. The molecular formula is C14H19FN2O2. The molecule has 1 aromatic rings. The van der Waals surface area contributed by atoms with Gasteiger partial charge < -0.3 is 15.7 Å². The first-order chi connectivity index (χ1) is 9.02. The highest BCUT2D eigenvalue weighted by Gasteiger charge is 2.25. The van der Waals surface area contributed by atoms with E-state index in [1.165, 1.54) is 12.1 Å². The Morgan fingerprint density at radius 2 is 2.32 bits per heavy atom. The molecule has 1 unspecified atom stereocenters. The van der Waals surface area contributed by atoms with Crippen molar-refractivity contribution in [2.24, 2.45) is 5.92 Å². The minimum absolute atomic E-state index is 0.330. The van der Waals surface area contributed by atoms with Crippen molar-refractivity contribution < 1.29 is 14.3 Å². The molecular weight excluding hydrogens is 247 g/mol. The van der Waals surface area contributed by atoms with Gasteiger partial charge in [-0.25, -0.2) is 9.18 Å². The Bertz CT molecular complexity index is 491. The van der Waals surface area contributed by atoms with Crippen molar-refractivity contribution in [3.05, 3.63) is 23.5 Å². The smallest absolute Gasteiger partial charge is 0.338 e. The van der Waals surface area contributed by atoms with E-state index in [-0.39, 0.29) is 5.56 Å². The summed E-state index contributed by atoms with van der Waals surface area (Å²) in [5.74, 6) is -1.40. The predicted octanol–water partition coefficient (Wildman–Crippen LogP) is 2.73. The number of nitrogens with two attached hydrogens (primary N) is 1. The highest BCUT2D eigenvalue weighted by atomic mass is 19.1.